The summed E-state index contributed by atoms with van der Waals surface area (Å²) < 4.78 is 5.79. The van der Waals surface area contributed by atoms with Crippen molar-refractivity contribution in [3.8, 4) is 0 Å². The van der Waals surface area contributed by atoms with Crippen molar-refractivity contribution >= 4 is 24.3 Å². The van der Waals surface area contributed by atoms with E-state index in [2.05, 4.69) is 13.2 Å². The molecule has 1 aromatic rings. The third-order valence-electron chi connectivity index (χ3n) is 2.28. The lowest BCUT2D eigenvalue weighted by molar-refractivity contribution is 0.546. The number of hydrogen-bond donors (Lipinski definition) is 0. The average molecular weight is 226 g/mol. The Bertz CT molecular complexity index is 482. The highest BCUT2D eigenvalue weighted by atomic mass is 16.3. The predicted octanol–water partition coefficient (Wildman–Crippen LogP) is 5.19. The van der Waals surface area contributed by atoms with Gasteiger partial charge in [-0.25, -0.2) is 0 Å². The molecule has 1 nitrogen and oxygen atoms in total. The van der Waals surface area contributed by atoms with Crippen molar-refractivity contribution in [2.75, 3.05) is 0 Å². The second-order valence-electron chi connectivity index (χ2n) is 3.46. The van der Waals surface area contributed by atoms with E-state index in [-0.39, 0.29) is 0 Å². The highest BCUT2D eigenvalue weighted by Crippen LogP contribution is 2.27. The fraction of sp³-hybridized carbons (Fsp3) is 0.125. The summed E-state index contributed by atoms with van der Waals surface area (Å²) in [6.45, 7) is 11.4. The third-order valence-corrected chi connectivity index (χ3v) is 2.28. The van der Waals surface area contributed by atoms with Crippen LogP contribution in [-0.2, 0) is 0 Å². The Balaban J connectivity index is 3.41. The van der Waals surface area contributed by atoms with Gasteiger partial charge in [0.2, 0.25) is 0 Å². The van der Waals surface area contributed by atoms with Crippen molar-refractivity contribution in [2.24, 2.45) is 0 Å². The molecule has 0 aliphatic rings. The molecule has 0 atom stereocenters. The van der Waals surface area contributed by atoms with E-state index in [1.807, 2.05) is 56.4 Å². The highest BCUT2D eigenvalue weighted by molar-refractivity contribution is 5.76. The number of allylic oxidation sites excluding steroid dienone is 4. The molecule has 0 saturated carbocycles. The maximum absolute atomic E-state index is 5.79. The second kappa shape index (κ2) is 6.54. The van der Waals surface area contributed by atoms with Gasteiger partial charge in [0, 0.05) is 11.1 Å². The lowest BCUT2D eigenvalue weighted by Gasteiger charge is -1.92. The Morgan fingerprint density at radius 2 is 1.53 bits per heavy atom. The summed E-state index contributed by atoms with van der Waals surface area (Å²) in [7, 11) is 0. The molecule has 0 saturated heterocycles. The monoisotopic (exact) mass is 226 g/mol. The van der Waals surface area contributed by atoms with Crippen LogP contribution >= 0.6 is 0 Å². The first-order valence-corrected chi connectivity index (χ1v) is 5.62. The molecule has 17 heavy (non-hydrogen) atoms. The van der Waals surface area contributed by atoms with Crippen LogP contribution in [0.25, 0.3) is 24.3 Å². The minimum atomic E-state index is 0.807. The van der Waals surface area contributed by atoms with Gasteiger partial charge in [-0.05, 0) is 26.0 Å². The molecule has 0 N–H and O–H groups in total. The summed E-state index contributed by atoms with van der Waals surface area (Å²) in [5.74, 6) is 1.66. The molecule has 0 bridgehead atoms. The van der Waals surface area contributed by atoms with Crippen molar-refractivity contribution in [3.63, 3.8) is 0 Å². The smallest absolute Gasteiger partial charge is 0.135 e. The quantitative estimate of drug-likeness (QED) is 0.630. The predicted molar refractivity (Wildman–Crippen MR) is 77.4 cm³/mol. The van der Waals surface area contributed by atoms with Gasteiger partial charge in [0.15, 0.2) is 0 Å². The lowest BCUT2D eigenvalue weighted by Crippen LogP contribution is -1.77. The summed E-state index contributed by atoms with van der Waals surface area (Å²) in [5, 5.41) is 0. The molecule has 0 aromatic carbocycles. The van der Waals surface area contributed by atoms with Gasteiger partial charge < -0.3 is 4.42 Å². The van der Waals surface area contributed by atoms with E-state index in [9.17, 15) is 0 Å². The minimum Gasteiger partial charge on any atom is -0.456 e. The van der Waals surface area contributed by atoms with Gasteiger partial charge in [0.1, 0.15) is 11.5 Å². The SMILES string of the molecule is C=C/C=C\c1oc(/C=C\C)c(/C=C\C)c1C=C. The van der Waals surface area contributed by atoms with Crippen molar-refractivity contribution in [1.29, 1.82) is 0 Å². The minimum absolute atomic E-state index is 0.807. The number of hydrogen-bond acceptors (Lipinski definition) is 1. The van der Waals surface area contributed by atoms with E-state index in [4.69, 9.17) is 4.42 Å². The number of furan rings is 1. The van der Waals surface area contributed by atoms with Crippen molar-refractivity contribution < 1.29 is 4.42 Å². The largest absolute Gasteiger partial charge is 0.456 e. The molecular weight excluding hydrogens is 208 g/mol. The summed E-state index contributed by atoms with van der Waals surface area (Å²) in [6.07, 6.45) is 15.2. The summed E-state index contributed by atoms with van der Waals surface area (Å²) >= 11 is 0. The van der Waals surface area contributed by atoms with Crippen molar-refractivity contribution in [3.05, 3.63) is 60.1 Å². The van der Waals surface area contributed by atoms with Crippen LogP contribution < -0.4 is 0 Å². The molecule has 0 spiro atoms. The van der Waals surface area contributed by atoms with E-state index in [1.165, 1.54) is 0 Å². The first-order chi connectivity index (χ1) is 8.28. The first-order valence-electron chi connectivity index (χ1n) is 5.62. The molecule has 0 unspecified atom stereocenters. The first kappa shape index (κ1) is 13.0. The molecule has 1 rings (SSSR count). The van der Waals surface area contributed by atoms with E-state index in [1.54, 1.807) is 6.08 Å². The summed E-state index contributed by atoms with van der Waals surface area (Å²) in [4.78, 5) is 0. The van der Waals surface area contributed by atoms with E-state index in [0.29, 0.717) is 0 Å². The molecule has 0 aliphatic carbocycles. The van der Waals surface area contributed by atoms with Crippen LogP contribution in [0.4, 0.5) is 0 Å². The Labute approximate surface area is 103 Å². The van der Waals surface area contributed by atoms with Gasteiger partial charge in [-0.2, -0.15) is 0 Å². The molecule has 1 heteroatoms. The van der Waals surface area contributed by atoms with E-state index in [0.717, 1.165) is 22.6 Å². The maximum atomic E-state index is 5.79. The zero-order valence-corrected chi connectivity index (χ0v) is 10.4. The zero-order valence-electron chi connectivity index (χ0n) is 10.4. The fourth-order valence-corrected chi connectivity index (χ4v) is 1.60. The van der Waals surface area contributed by atoms with E-state index >= 15 is 0 Å². The van der Waals surface area contributed by atoms with E-state index < -0.39 is 0 Å². The fourth-order valence-electron chi connectivity index (χ4n) is 1.60. The van der Waals surface area contributed by atoms with Gasteiger partial charge in [-0.15, -0.1) is 0 Å². The average Bonchev–Trinajstić information content (AvgIpc) is 2.65. The third kappa shape index (κ3) is 2.97. The normalized spacial score (nSPS) is 11.9. The van der Waals surface area contributed by atoms with Crippen LogP contribution in [0.3, 0.4) is 0 Å². The molecule has 0 amide bonds. The lowest BCUT2D eigenvalue weighted by atomic mass is 10.1. The van der Waals surface area contributed by atoms with Crippen LogP contribution in [0, 0.1) is 0 Å². The topological polar surface area (TPSA) is 13.1 Å². The van der Waals surface area contributed by atoms with Crippen molar-refractivity contribution in [2.45, 2.75) is 13.8 Å². The molecular formula is C16H18O. The summed E-state index contributed by atoms with van der Waals surface area (Å²) in [5.41, 5.74) is 2.07. The molecule has 0 radical (unpaired) electrons. The second-order valence-corrected chi connectivity index (χ2v) is 3.46. The maximum Gasteiger partial charge on any atom is 0.135 e. The van der Waals surface area contributed by atoms with Gasteiger partial charge in [-0.1, -0.05) is 49.6 Å². The van der Waals surface area contributed by atoms with Gasteiger partial charge in [0.25, 0.3) is 0 Å². The molecule has 0 aliphatic heterocycles. The Kier molecular flexibility index (Phi) is 5.02. The molecule has 1 aromatic heterocycles. The van der Waals surface area contributed by atoms with Crippen LogP contribution in [0.2, 0.25) is 0 Å². The Morgan fingerprint density at radius 3 is 2.06 bits per heavy atom. The zero-order chi connectivity index (χ0) is 12.7. The molecule has 88 valence electrons. The Hall–Kier alpha value is -2.02. The van der Waals surface area contributed by atoms with Gasteiger partial charge in [0.05, 0.1) is 0 Å². The van der Waals surface area contributed by atoms with Crippen LogP contribution in [0.5, 0.6) is 0 Å². The summed E-state index contributed by atoms with van der Waals surface area (Å²) in [6, 6.07) is 0. The Morgan fingerprint density at radius 1 is 0.882 bits per heavy atom. The standard InChI is InChI=1S/C16H18O/c1-5-9-12-16-13(8-4)14(10-6-2)15(17-16)11-7-3/h5-12H,1,4H2,2-3H3/b10-6-,11-7-,12-9-. The highest BCUT2D eigenvalue weighted by Gasteiger charge is 2.11. The van der Waals surface area contributed by atoms with Crippen LogP contribution in [0.15, 0.2) is 41.9 Å². The van der Waals surface area contributed by atoms with Gasteiger partial charge in [-0.3, -0.25) is 0 Å². The number of rotatable bonds is 5. The molecule has 1 heterocycles. The molecule has 0 fully saturated rings. The van der Waals surface area contributed by atoms with Gasteiger partial charge >= 0.3 is 0 Å². The van der Waals surface area contributed by atoms with Crippen LogP contribution in [-0.4, -0.2) is 0 Å². The van der Waals surface area contributed by atoms with Crippen molar-refractivity contribution in [1.82, 2.24) is 0 Å². The van der Waals surface area contributed by atoms with Crippen LogP contribution in [0.1, 0.15) is 36.5 Å².